The Bertz CT molecular complexity index is 1180. The van der Waals surface area contributed by atoms with Crippen LogP contribution < -0.4 is 16.7 Å². The maximum atomic E-state index is 12.0. The molecule has 0 aliphatic rings. The predicted octanol–water partition coefficient (Wildman–Crippen LogP) is 1.66. The molecule has 0 aliphatic carbocycles. The van der Waals surface area contributed by atoms with Crippen LogP contribution in [0.4, 0.5) is 5.69 Å². The quantitative estimate of drug-likeness (QED) is 0.536. The van der Waals surface area contributed by atoms with E-state index in [1.54, 1.807) is 23.2 Å². The van der Waals surface area contributed by atoms with Crippen molar-refractivity contribution in [1.29, 1.82) is 0 Å². The molecule has 2 aromatic carbocycles. The first-order valence-corrected chi connectivity index (χ1v) is 7.63. The first-order valence-electron chi connectivity index (χ1n) is 7.63. The number of anilines is 1. The van der Waals surface area contributed by atoms with Gasteiger partial charge in [-0.3, -0.25) is 9.13 Å². The fourth-order valence-electron chi connectivity index (χ4n) is 3.01. The molecule has 2 aromatic heterocycles. The average molecular weight is 323 g/mol. The zero-order chi connectivity index (χ0) is 16.8. The third kappa shape index (κ3) is 2.21. The van der Waals surface area contributed by atoms with Crippen LogP contribution in [0.1, 0.15) is 5.56 Å². The second kappa shape index (κ2) is 5.16. The van der Waals surface area contributed by atoms with Gasteiger partial charge in [-0.2, -0.15) is 0 Å². The number of nitrogens with zero attached hydrogens (tertiary/aromatic N) is 2. The van der Waals surface area contributed by atoms with Crippen LogP contribution in [0.3, 0.4) is 0 Å². The number of aryl methyl sites for hydroxylation is 2. The zero-order valence-corrected chi connectivity index (χ0v) is 13.4. The monoisotopic (exact) mass is 323 g/mol. The standard InChI is InChI=1S/C17H17N5O2/c1-21-14-6-3-10(7-15(14)22(2)17(21)24)9-18-11-4-5-12-13(8-11)20-16(23)19-12/h3-8,18H,9H2,1-2H3,(H2,19,20,23). The van der Waals surface area contributed by atoms with Crippen molar-refractivity contribution in [3.05, 3.63) is 62.9 Å². The van der Waals surface area contributed by atoms with Gasteiger partial charge in [-0.15, -0.1) is 0 Å². The summed E-state index contributed by atoms with van der Waals surface area (Å²) in [5.41, 5.74) is 5.13. The molecule has 4 rings (SSSR count). The molecule has 0 spiro atoms. The number of fused-ring (bicyclic) bond motifs is 2. The lowest BCUT2D eigenvalue weighted by molar-refractivity contribution is 0.795. The second-order valence-corrected chi connectivity index (χ2v) is 5.92. The van der Waals surface area contributed by atoms with Crippen molar-refractivity contribution >= 4 is 27.8 Å². The lowest BCUT2D eigenvalue weighted by Gasteiger charge is -2.07. The fraction of sp³-hybridized carbons (Fsp3) is 0.176. The molecule has 24 heavy (non-hydrogen) atoms. The van der Waals surface area contributed by atoms with Gasteiger partial charge in [0.15, 0.2) is 0 Å². The molecule has 0 fully saturated rings. The number of nitrogens with one attached hydrogen (secondary N) is 3. The highest BCUT2D eigenvalue weighted by atomic mass is 16.1. The van der Waals surface area contributed by atoms with E-state index in [0.29, 0.717) is 6.54 Å². The summed E-state index contributed by atoms with van der Waals surface area (Å²) in [6.07, 6.45) is 0. The van der Waals surface area contributed by atoms with E-state index in [1.807, 2.05) is 36.4 Å². The van der Waals surface area contributed by atoms with Crippen LogP contribution in [0.5, 0.6) is 0 Å². The summed E-state index contributed by atoms with van der Waals surface area (Å²) in [7, 11) is 3.55. The molecule has 4 aromatic rings. The second-order valence-electron chi connectivity index (χ2n) is 5.92. The highest BCUT2D eigenvalue weighted by molar-refractivity contribution is 5.79. The summed E-state index contributed by atoms with van der Waals surface area (Å²) in [5.74, 6) is 0. The Balaban J connectivity index is 1.62. The zero-order valence-electron chi connectivity index (χ0n) is 13.4. The lowest BCUT2D eigenvalue weighted by Crippen LogP contribution is -2.19. The molecule has 0 aliphatic heterocycles. The van der Waals surface area contributed by atoms with Gasteiger partial charge in [-0.1, -0.05) is 6.07 Å². The molecule has 2 heterocycles. The molecular formula is C17H17N5O2. The molecule has 0 bridgehead atoms. The Morgan fingerprint density at radius 2 is 1.67 bits per heavy atom. The van der Waals surface area contributed by atoms with Gasteiger partial charge in [-0.25, -0.2) is 9.59 Å². The summed E-state index contributed by atoms with van der Waals surface area (Å²) < 4.78 is 3.29. The third-order valence-electron chi connectivity index (χ3n) is 4.35. The van der Waals surface area contributed by atoms with Crippen molar-refractivity contribution in [3.63, 3.8) is 0 Å². The van der Waals surface area contributed by atoms with Crippen molar-refractivity contribution in [2.24, 2.45) is 14.1 Å². The average Bonchev–Trinajstić information content (AvgIpc) is 3.05. The van der Waals surface area contributed by atoms with E-state index >= 15 is 0 Å². The smallest absolute Gasteiger partial charge is 0.328 e. The van der Waals surface area contributed by atoms with Gasteiger partial charge < -0.3 is 15.3 Å². The Labute approximate surface area is 136 Å². The van der Waals surface area contributed by atoms with E-state index in [2.05, 4.69) is 15.3 Å². The van der Waals surface area contributed by atoms with Crippen LogP contribution in [0, 0.1) is 0 Å². The lowest BCUT2D eigenvalue weighted by atomic mass is 10.2. The summed E-state index contributed by atoms with van der Waals surface area (Å²) in [4.78, 5) is 28.8. The normalized spacial score (nSPS) is 11.4. The van der Waals surface area contributed by atoms with Crippen LogP contribution in [0.2, 0.25) is 0 Å². The van der Waals surface area contributed by atoms with Crippen LogP contribution >= 0.6 is 0 Å². The minimum atomic E-state index is -0.211. The van der Waals surface area contributed by atoms with Gasteiger partial charge in [-0.05, 0) is 35.9 Å². The minimum absolute atomic E-state index is 0.0306. The molecule has 0 saturated heterocycles. The summed E-state index contributed by atoms with van der Waals surface area (Å²) >= 11 is 0. The van der Waals surface area contributed by atoms with Gasteiger partial charge >= 0.3 is 11.4 Å². The van der Waals surface area contributed by atoms with Gasteiger partial charge in [0, 0.05) is 26.3 Å². The molecule has 7 heteroatoms. The van der Waals surface area contributed by atoms with E-state index in [4.69, 9.17) is 0 Å². The molecule has 122 valence electrons. The first-order chi connectivity index (χ1) is 11.5. The van der Waals surface area contributed by atoms with Gasteiger partial charge in [0.2, 0.25) is 0 Å². The van der Waals surface area contributed by atoms with E-state index < -0.39 is 0 Å². The van der Waals surface area contributed by atoms with Crippen LogP contribution in [-0.4, -0.2) is 19.1 Å². The van der Waals surface area contributed by atoms with Gasteiger partial charge in [0.1, 0.15) is 0 Å². The molecule has 0 amide bonds. The van der Waals surface area contributed by atoms with Crippen molar-refractivity contribution in [2.75, 3.05) is 5.32 Å². The predicted molar refractivity (Wildman–Crippen MR) is 94.4 cm³/mol. The number of aromatic nitrogens is 4. The molecule has 0 unspecified atom stereocenters. The molecule has 7 nitrogen and oxygen atoms in total. The third-order valence-corrected chi connectivity index (χ3v) is 4.35. The van der Waals surface area contributed by atoms with Gasteiger partial charge in [0.25, 0.3) is 0 Å². The van der Waals surface area contributed by atoms with E-state index in [1.165, 1.54) is 0 Å². The Morgan fingerprint density at radius 3 is 2.50 bits per heavy atom. The fourth-order valence-corrected chi connectivity index (χ4v) is 3.01. The number of aromatic amines is 2. The number of imidazole rings is 2. The number of hydrogen-bond acceptors (Lipinski definition) is 3. The van der Waals surface area contributed by atoms with Crippen LogP contribution in [-0.2, 0) is 20.6 Å². The van der Waals surface area contributed by atoms with E-state index in [0.717, 1.165) is 33.3 Å². The molecule has 0 saturated carbocycles. The maximum Gasteiger partial charge on any atom is 0.328 e. The SMILES string of the molecule is Cn1c(=O)n(C)c2cc(CNc3ccc4[nH]c(=O)[nH]c4c3)ccc21. The molecular weight excluding hydrogens is 306 g/mol. The number of benzene rings is 2. The topological polar surface area (TPSA) is 87.6 Å². The Kier molecular flexibility index (Phi) is 3.09. The summed E-state index contributed by atoms with van der Waals surface area (Å²) in [6, 6.07) is 11.7. The molecule has 3 N–H and O–H groups in total. The maximum absolute atomic E-state index is 12.0. The van der Waals surface area contributed by atoms with Gasteiger partial charge in [0.05, 0.1) is 22.1 Å². The van der Waals surface area contributed by atoms with Crippen LogP contribution in [0.15, 0.2) is 46.0 Å². The van der Waals surface area contributed by atoms with Crippen molar-refractivity contribution in [2.45, 2.75) is 6.54 Å². The van der Waals surface area contributed by atoms with Crippen molar-refractivity contribution < 1.29 is 0 Å². The highest BCUT2D eigenvalue weighted by Gasteiger charge is 2.08. The largest absolute Gasteiger partial charge is 0.381 e. The molecule has 0 radical (unpaired) electrons. The van der Waals surface area contributed by atoms with Crippen LogP contribution in [0.25, 0.3) is 22.1 Å². The Morgan fingerprint density at radius 1 is 0.917 bits per heavy atom. The summed E-state index contributed by atoms with van der Waals surface area (Å²) in [5, 5.41) is 3.34. The number of hydrogen-bond donors (Lipinski definition) is 3. The highest BCUT2D eigenvalue weighted by Crippen LogP contribution is 2.18. The van der Waals surface area contributed by atoms with Crippen molar-refractivity contribution in [3.8, 4) is 0 Å². The Hall–Kier alpha value is -3.22. The minimum Gasteiger partial charge on any atom is -0.381 e. The molecule has 0 atom stereocenters. The first kappa shape index (κ1) is 14.4. The van der Waals surface area contributed by atoms with Crippen molar-refractivity contribution in [1.82, 2.24) is 19.1 Å². The summed E-state index contributed by atoms with van der Waals surface area (Å²) in [6.45, 7) is 0.624. The number of H-pyrrole nitrogens is 2. The van der Waals surface area contributed by atoms with E-state index in [9.17, 15) is 9.59 Å². The number of rotatable bonds is 3. The van der Waals surface area contributed by atoms with E-state index in [-0.39, 0.29) is 11.4 Å².